The Balaban J connectivity index is 0.00000242. The zero-order chi connectivity index (χ0) is 15.4. The molecule has 6 nitrogen and oxygen atoms in total. The number of halogens is 1. The Kier molecular flexibility index (Phi) is 6.64. The van der Waals surface area contributed by atoms with Crippen LogP contribution in [0.25, 0.3) is 0 Å². The lowest BCUT2D eigenvalue weighted by Gasteiger charge is -2.34. The van der Waals surface area contributed by atoms with E-state index in [4.69, 9.17) is 0 Å². The second-order valence-corrected chi connectivity index (χ2v) is 5.46. The van der Waals surface area contributed by atoms with E-state index < -0.39 is 0 Å². The number of piperazine rings is 1. The summed E-state index contributed by atoms with van der Waals surface area (Å²) in [4.78, 5) is 27.5. The number of carbonyl (C=O) groups excluding carboxylic acids is 2. The van der Waals surface area contributed by atoms with Gasteiger partial charge in [-0.15, -0.1) is 12.4 Å². The lowest BCUT2D eigenvalue weighted by molar-refractivity contribution is 0.0656. The van der Waals surface area contributed by atoms with Gasteiger partial charge >= 0.3 is 6.03 Å². The van der Waals surface area contributed by atoms with Crippen LogP contribution in [-0.2, 0) is 0 Å². The van der Waals surface area contributed by atoms with E-state index in [0.717, 1.165) is 13.1 Å². The summed E-state index contributed by atoms with van der Waals surface area (Å²) in [6.07, 6.45) is 0. The highest BCUT2D eigenvalue weighted by molar-refractivity contribution is 5.97. The van der Waals surface area contributed by atoms with Crippen LogP contribution < -0.4 is 10.6 Å². The number of carbonyl (C=O) groups is 2. The van der Waals surface area contributed by atoms with Crippen molar-refractivity contribution in [3.05, 3.63) is 29.8 Å². The fourth-order valence-corrected chi connectivity index (χ4v) is 2.27. The van der Waals surface area contributed by atoms with Gasteiger partial charge in [0.2, 0.25) is 0 Å². The Labute approximate surface area is 137 Å². The Morgan fingerprint density at radius 3 is 2.73 bits per heavy atom. The summed E-state index contributed by atoms with van der Waals surface area (Å²) < 4.78 is 0. The summed E-state index contributed by atoms with van der Waals surface area (Å²) >= 11 is 0. The summed E-state index contributed by atoms with van der Waals surface area (Å²) in [6, 6.07) is 7.02. The molecule has 0 saturated carbocycles. The molecule has 1 aliphatic rings. The molecular formula is C15H23ClN4O2. The Bertz CT molecular complexity index is 536. The van der Waals surface area contributed by atoms with Gasteiger partial charge in [-0.3, -0.25) is 4.79 Å². The summed E-state index contributed by atoms with van der Waals surface area (Å²) in [6.45, 7) is 4.35. The van der Waals surface area contributed by atoms with Crippen LogP contribution in [-0.4, -0.2) is 61.5 Å². The van der Waals surface area contributed by atoms with Gasteiger partial charge in [0, 0.05) is 51.0 Å². The van der Waals surface area contributed by atoms with Gasteiger partial charge in [-0.05, 0) is 25.1 Å². The van der Waals surface area contributed by atoms with E-state index in [1.165, 1.54) is 4.90 Å². The number of urea groups is 1. The molecule has 2 N–H and O–H groups in total. The Hall–Kier alpha value is -1.79. The van der Waals surface area contributed by atoms with Crippen molar-refractivity contribution in [2.45, 2.75) is 13.0 Å². The van der Waals surface area contributed by atoms with E-state index in [0.29, 0.717) is 17.8 Å². The number of rotatable bonds is 2. The monoisotopic (exact) mass is 326 g/mol. The third kappa shape index (κ3) is 4.35. The van der Waals surface area contributed by atoms with Crippen LogP contribution >= 0.6 is 12.4 Å². The van der Waals surface area contributed by atoms with Gasteiger partial charge in [0.25, 0.3) is 5.91 Å². The first-order valence-corrected chi connectivity index (χ1v) is 7.09. The highest BCUT2D eigenvalue weighted by Gasteiger charge is 2.24. The molecule has 22 heavy (non-hydrogen) atoms. The molecule has 2 rings (SSSR count). The third-order valence-corrected chi connectivity index (χ3v) is 3.53. The fraction of sp³-hybridized carbons (Fsp3) is 0.467. The maximum Gasteiger partial charge on any atom is 0.321 e. The SMILES string of the molecule is C[C@H]1CNCCN1C(=O)c1cccc(NC(=O)N(C)C)c1.Cl. The smallest absolute Gasteiger partial charge is 0.321 e. The molecule has 0 bridgehead atoms. The summed E-state index contributed by atoms with van der Waals surface area (Å²) in [7, 11) is 3.35. The van der Waals surface area contributed by atoms with E-state index in [2.05, 4.69) is 10.6 Å². The van der Waals surface area contributed by atoms with Crippen molar-refractivity contribution < 1.29 is 9.59 Å². The molecular weight excluding hydrogens is 304 g/mol. The normalized spacial score (nSPS) is 17.4. The minimum Gasteiger partial charge on any atom is -0.333 e. The van der Waals surface area contributed by atoms with Crippen LogP contribution in [0.5, 0.6) is 0 Å². The van der Waals surface area contributed by atoms with Gasteiger partial charge in [-0.25, -0.2) is 4.79 Å². The van der Waals surface area contributed by atoms with Gasteiger partial charge < -0.3 is 20.4 Å². The van der Waals surface area contributed by atoms with Crippen molar-refractivity contribution in [1.82, 2.24) is 15.1 Å². The molecule has 0 aliphatic carbocycles. The Morgan fingerprint density at radius 1 is 1.36 bits per heavy atom. The summed E-state index contributed by atoms with van der Waals surface area (Å²) in [5.74, 6) is 0.00459. The first kappa shape index (κ1) is 18.3. The molecule has 1 fully saturated rings. The van der Waals surface area contributed by atoms with Crippen LogP contribution in [0, 0.1) is 0 Å². The van der Waals surface area contributed by atoms with Crippen LogP contribution in [0.1, 0.15) is 17.3 Å². The van der Waals surface area contributed by atoms with Crippen molar-refractivity contribution in [2.75, 3.05) is 39.0 Å². The largest absolute Gasteiger partial charge is 0.333 e. The maximum absolute atomic E-state index is 12.6. The van der Waals surface area contributed by atoms with E-state index in [-0.39, 0.29) is 30.4 Å². The molecule has 0 spiro atoms. The van der Waals surface area contributed by atoms with E-state index in [1.807, 2.05) is 11.8 Å². The molecule has 1 aliphatic heterocycles. The highest BCUT2D eigenvalue weighted by Crippen LogP contribution is 2.15. The number of nitrogens with one attached hydrogen (secondary N) is 2. The standard InChI is InChI=1S/C15H22N4O2.ClH/c1-11-10-16-7-8-19(11)14(20)12-5-4-6-13(9-12)17-15(21)18(2)3;/h4-6,9,11,16H,7-8,10H2,1-3H3,(H,17,21);1H/t11-;/m0./s1. The minimum absolute atomic E-state index is 0. The van der Waals surface area contributed by atoms with Gasteiger partial charge in [-0.1, -0.05) is 6.07 Å². The zero-order valence-electron chi connectivity index (χ0n) is 13.1. The topological polar surface area (TPSA) is 64.7 Å². The third-order valence-electron chi connectivity index (χ3n) is 3.53. The Morgan fingerprint density at radius 2 is 2.09 bits per heavy atom. The molecule has 0 aromatic heterocycles. The van der Waals surface area contributed by atoms with Crippen LogP contribution in [0.2, 0.25) is 0 Å². The molecule has 0 radical (unpaired) electrons. The van der Waals surface area contributed by atoms with Crippen molar-refractivity contribution in [2.24, 2.45) is 0 Å². The average molecular weight is 327 g/mol. The maximum atomic E-state index is 12.6. The molecule has 1 aromatic carbocycles. The van der Waals surface area contributed by atoms with Crippen molar-refractivity contribution in [3.63, 3.8) is 0 Å². The summed E-state index contributed by atoms with van der Waals surface area (Å²) in [5.41, 5.74) is 1.22. The van der Waals surface area contributed by atoms with Gasteiger partial charge in [0.05, 0.1) is 0 Å². The second-order valence-electron chi connectivity index (χ2n) is 5.46. The van der Waals surface area contributed by atoms with Gasteiger partial charge in [0.1, 0.15) is 0 Å². The van der Waals surface area contributed by atoms with Gasteiger partial charge in [-0.2, -0.15) is 0 Å². The first-order chi connectivity index (χ1) is 9.99. The number of amides is 3. The zero-order valence-corrected chi connectivity index (χ0v) is 13.9. The van der Waals surface area contributed by atoms with Crippen molar-refractivity contribution in [3.8, 4) is 0 Å². The number of hydrogen-bond acceptors (Lipinski definition) is 3. The van der Waals surface area contributed by atoms with Crippen molar-refractivity contribution >= 4 is 30.0 Å². The number of benzene rings is 1. The average Bonchev–Trinajstić information content (AvgIpc) is 2.47. The van der Waals surface area contributed by atoms with E-state index in [9.17, 15) is 9.59 Å². The summed E-state index contributed by atoms with van der Waals surface area (Å²) in [5, 5.41) is 6.02. The molecule has 0 unspecified atom stereocenters. The molecule has 1 heterocycles. The minimum atomic E-state index is -0.213. The van der Waals surface area contributed by atoms with Crippen LogP contribution in [0.3, 0.4) is 0 Å². The van der Waals surface area contributed by atoms with E-state index in [1.54, 1.807) is 38.4 Å². The molecule has 1 saturated heterocycles. The van der Waals surface area contributed by atoms with Crippen LogP contribution in [0.15, 0.2) is 24.3 Å². The van der Waals surface area contributed by atoms with E-state index >= 15 is 0 Å². The first-order valence-electron chi connectivity index (χ1n) is 7.09. The number of anilines is 1. The predicted molar refractivity (Wildman–Crippen MR) is 89.8 cm³/mol. The molecule has 1 aromatic rings. The molecule has 7 heteroatoms. The predicted octanol–water partition coefficient (Wildman–Crippen LogP) is 1.64. The fourth-order valence-electron chi connectivity index (χ4n) is 2.27. The lowest BCUT2D eigenvalue weighted by Crippen LogP contribution is -2.52. The lowest BCUT2D eigenvalue weighted by atomic mass is 10.1. The van der Waals surface area contributed by atoms with Crippen LogP contribution in [0.4, 0.5) is 10.5 Å². The number of nitrogens with zero attached hydrogens (tertiary/aromatic N) is 2. The quantitative estimate of drug-likeness (QED) is 0.868. The highest BCUT2D eigenvalue weighted by atomic mass is 35.5. The second kappa shape index (κ2) is 8.00. The molecule has 3 amide bonds. The van der Waals surface area contributed by atoms with Gasteiger partial charge in [0.15, 0.2) is 0 Å². The molecule has 1 atom stereocenters. The van der Waals surface area contributed by atoms with Crippen molar-refractivity contribution in [1.29, 1.82) is 0 Å². The number of hydrogen-bond donors (Lipinski definition) is 2. The molecule has 122 valence electrons.